The topological polar surface area (TPSA) is 49.8 Å². The Morgan fingerprint density at radius 3 is 2.68 bits per heavy atom. The lowest BCUT2D eigenvalue weighted by Gasteiger charge is -2.28. The first-order valence-corrected chi connectivity index (χ1v) is 6.70. The molecular weight excluding hydrogens is 242 g/mol. The molecule has 1 N–H and O–H groups in total. The average molecular weight is 263 g/mol. The molecule has 0 aromatic heterocycles. The molecule has 1 heterocycles. The summed E-state index contributed by atoms with van der Waals surface area (Å²) in [5.74, 6) is 0.204. The molecule has 0 radical (unpaired) electrons. The molecule has 4 heteroatoms. The molecule has 1 fully saturated rings. The minimum atomic E-state index is -0.340. The molecule has 1 amide bonds. The fraction of sp³-hybridized carbons (Fsp3) is 0.533. The van der Waals surface area contributed by atoms with Gasteiger partial charge in [0.1, 0.15) is 11.9 Å². The summed E-state index contributed by atoms with van der Waals surface area (Å²) >= 11 is 0. The number of carbonyl (C=O) groups excluding carboxylic acids is 1. The number of nitrogens with zero attached hydrogens (tertiary/aromatic N) is 1. The van der Waals surface area contributed by atoms with Crippen LogP contribution in [-0.4, -0.2) is 35.2 Å². The highest BCUT2D eigenvalue weighted by Crippen LogP contribution is 2.29. The third kappa shape index (κ3) is 2.89. The van der Waals surface area contributed by atoms with Gasteiger partial charge in [-0.05, 0) is 32.8 Å². The molecule has 104 valence electrons. The highest BCUT2D eigenvalue weighted by atomic mass is 16.5. The summed E-state index contributed by atoms with van der Waals surface area (Å²) in [6.45, 7) is 3.89. The number of aromatic hydroxyl groups is 1. The summed E-state index contributed by atoms with van der Waals surface area (Å²) < 4.78 is 5.61. The van der Waals surface area contributed by atoms with Gasteiger partial charge in [0, 0.05) is 12.6 Å². The van der Waals surface area contributed by atoms with Crippen LogP contribution in [0, 0.1) is 0 Å². The number of phenols is 1. The van der Waals surface area contributed by atoms with Gasteiger partial charge in [0.15, 0.2) is 0 Å². The first-order valence-electron chi connectivity index (χ1n) is 6.70. The van der Waals surface area contributed by atoms with E-state index in [-0.39, 0.29) is 29.9 Å². The smallest absolute Gasteiger partial charge is 0.251 e. The number of para-hydroxylation sites is 1. The van der Waals surface area contributed by atoms with E-state index < -0.39 is 0 Å². The minimum Gasteiger partial charge on any atom is -0.508 e. The molecule has 2 rings (SSSR count). The number of phenolic OH excluding ortho intramolecular Hbond substituents is 1. The number of likely N-dealkylation sites (N-methyl/N-ethyl adjacent to an activating group) is 1. The zero-order valence-electron chi connectivity index (χ0n) is 11.7. The molecule has 4 nitrogen and oxygen atoms in total. The van der Waals surface area contributed by atoms with E-state index >= 15 is 0 Å². The molecule has 0 spiro atoms. The number of benzene rings is 1. The van der Waals surface area contributed by atoms with Gasteiger partial charge in [-0.15, -0.1) is 0 Å². The average Bonchev–Trinajstić information content (AvgIpc) is 2.83. The van der Waals surface area contributed by atoms with Crippen molar-refractivity contribution >= 4 is 5.91 Å². The van der Waals surface area contributed by atoms with Gasteiger partial charge < -0.3 is 14.7 Å². The van der Waals surface area contributed by atoms with Crippen molar-refractivity contribution in [1.29, 1.82) is 0 Å². The van der Waals surface area contributed by atoms with E-state index in [1.807, 2.05) is 26.0 Å². The van der Waals surface area contributed by atoms with Gasteiger partial charge in [0.2, 0.25) is 0 Å². The van der Waals surface area contributed by atoms with Gasteiger partial charge in [-0.2, -0.15) is 0 Å². The van der Waals surface area contributed by atoms with Crippen molar-refractivity contribution in [3.8, 4) is 5.75 Å². The van der Waals surface area contributed by atoms with Gasteiger partial charge in [-0.1, -0.05) is 18.2 Å². The second kappa shape index (κ2) is 5.61. The van der Waals surface area contributed by atoms with Crippen LogP contribution in [0.5, 0.6) is 5.75 Å². The Morgan fingerprint density at radius 1 is 1.42 bits per heavy atom. The summed E-state index contributed by atoms with van der Waals surface area (Å²) in [5.41, 5.74) is 0.754. The van der Waals surface area contributed by atoms with Crippen molar-refractivity contribution in [1.82, 2.24) is 4.90 Å². The van der Waals surface area contributed by atoms with Gasteiger partial charge in [-0.3, -0.25) is 4.79 Å². The lowest BCUT2D eigenvalue weighted by atomic mass is 10.1. The van der Waals surface area contributed by atoms with E-state index in [0.717, 1.165) is 18.4 Å². The highest BCUT2D eigenvalue weighted by molar-refractivity contribution is 5.81. The summed E-state index contributed by atoms with van der Waals surface area (Å²) in [6, 6.07) is 6.93. The third-order valence-electron chi connectivity index (χ3n) is 3.82. The van der Waals surface area contributed by atoms with Crippen molar-refractivity contribution < 1.29 is 14.6 Å². The van der Waals surface area contributed by atoms with Crippen LogP contribution >= 0.6 is 0 Å². The monoisotopic (exact) mass is 263 g/mol. The maximum atomic E-state index is 12.3. The lowest BCUT2D eigenvalue weighted by Crippen LogP contribution is -2.38. The van der Waals surface area contributed by atoms with Crippen LogP contribution in [0.4, 0.5) is 0 Å². The van der Waals surface area contributed by atoms with Crippen LogP contribution in [0.2, 0.25) is 0 Å². The van der Waals surface area contributed by atoms with Crippen LogP contribution in [0.1, 0.15) is 38.3 Å². The summed E-state index contributed by atoms with van der Waals surface area (Å²) in [7, 11) is 1.76. The Balaban J connectivity index is 2.09. The molecule has 0 aliphatic carbocycles. The Hall–Kier alpha value is -1.55. The van der Waals surface area contributed by atoms with Crippen LogP contribution < -0.4 is 0 Å². The predicted octanol–water partition coefficient (Wildman–Crippen LogP) is 2.48. The molecule has 19 heavy (non-hydrogen) atoms. The number of hydrogen-bond acceptors (Lipinski definition) is 3. The molecule has 3 atom stereocenters. The standard InChI is InChI=1S/C15H21NO3/c1-10-8-9-14(19-10)15(18)16(3)11(2)12-6-4-5-7-13(12)17/h4-7,10-11,14,17H,8-9H2,1-3H3. The van der Waals surface area contributed by atoms with E-state index in [4.69, 9.17) is 4.74 Å². The first-order chi connectivity index (χ1) is 9.00. The van der Waals surface area contributed by atoms with Crippen molar-refractivity contribution in [2.24, 2.45) is 0 Å². The first kappa shape index (κ1) is 13.9. The molecule has 1 aromatic carbocycles. The second-order valence-corrected chi connectivity index (χ2v) is 5.20. The Kier molecular flexibility index (Phi) is 4.10. The second-order valence-electron chi connectivity index (χ2n) is 5.20. The molecule has 1 saturated heterocycles. The van der Waals surface area contributed by atoms with Crippen molar-refractivity contribution in [2.75, 3.05) is 7.05 Å². The lowest BCUT2D eigenvalue weighted by molar-refractivity contribution is -0.143. The maximum Gasteiger partial charge on any atom is 0.251 e. The largest absolute Gasteiger partial charge is 0.508 e. The van der Waals surface area contributed by atoms with Gasteiger partial charge in [-0.25, -0.2) is 0 Å². The third-order valence-corrected chi connectivity index (χ3v) is 3.82. The number of hydrogen-bond donors (Lipinski definition) is 1. The summed E-state index contributed by atoms with van der Waals surface area (Å²) in [5, 5.41) is 9.85. The normalized spacial score (nSPS) is 24.2. The molecule has 0 bridgehead atoms. The SMILES string of the molecule is CC1CCC(C(=O)N(C)C(C)c2ccccc2O)O1. The number of carbonyl (C=O) groups is 1. The maximum absolute atomic E-state index is 12.3. The minimum absolute atomic E-state index is 0.0138. The molecule has 1 aliphatic rings. The fourth-order valence-electron chi connectivity index (χ4n) is 2.45. The molecule has 1 aliphatic heterocycles. The van der Waals surface area contributed by atoms with Crippen LogP contribution in [0.15, 0.2) is 24.3 Å². The van der Waals surface area contributed by atoms with E-state index in [2.05, 4.69) is 0 Å². The van der Waals surface area contributed by atoms with Crippen LogP contribution in [0.3, 0.4) is 0 Å². The van der Waals surface area contributed by atoms with Crippen molar-refractivity contribution in [3.63, 3.8) is 0 Å². The van der Waals surface area contributed by atoms with Gasteiger partial charge >= 0.3 is 0 Å². The van der Waals surface area contributed by atoms with E-state index in [0.29, 0.717) is 0 Å². The van der Waals surface area contributed by atoms with Crippen molar-refractivity contribution in [2.45, 2.75) is 44.9 Å². The summed E-state index contributed by atoms with van der Waals surface area (Å²) in [4.78, 5) is 14.0. The highest BCUT2D eigenvalue weighted by Gasteiger charge is 2.32. The molecule has 3 unspecified atom stereocenters. The molecule has 1 aromatic rings. The van der Waals surface area contributed by atoms with Crippen molar-refractivity contribution in [3.05, 3.63) is 29.8 Å². The van der Waals surface area contributed by atoms with E-state index in [1.54, 1.807) is 24.1 Å². The molecule has 0 saturated carbocycles. The van der Waals surface area contributed by atoms with E-state index in [9.17, 15) is 9.90 Å². The Bertz CT molecular complexity index is 460. The quantitative estimate of drug-likeness (QED) is 0.911. The number of ether oxygens (including phenoxy) is 1. The fourth-order valence-corrected chi connectivity index (χ4v) is 2.45. The number of amides is 1. The predicted molar refractivity (Wildman–Crippen MR) is 72.9 cm³/mol. The summed E-state index contributed by atoms with van der Waals surface area (Å²) in [6.07, 6.45) is 1.52. The number of rotatable bonds is 3. The molecular formula is C15H21NO3. The zero-order chi connectivity index (χ0) is 14.0. The van der Waals surface area contributed by atoms with E-state index in [1.165, 1.54) is 0 Å². The van der Waals surface area contributed by atoms with Gasteiger partial charge in [0.05, 0.1) is 12.1 Å². The van der Waals surface area contributed by atoms with Gasteiger partial charge in [0.25, 0.3) is 5.91 Å². The van der Waals surface area contributed by atoms with Crippen LogP contribution in [0.25, 0.3) is 0 Å². The van der Waals surface area contributed by atoms with Crippen LogP contribution in [-0.2, 0) is 9.53 Å². The zero-order valence-corrected chi connectivity index (χ0v) is 11.7. The Morgan fingerprint density at radius 2 is 2.11 bits per heavy atom. The Labute approximate surface area is 114 Å².